The normalized spacial score (nSPS) is 14.5. The number of anilines is 3. The summed E-state index contributed by atoms with van der Waals surface area (Å²) in [6.07, 6.45) is 0. The lowest BCUT2D eigenvalue weighted by molar-refractivity contribution is -0.383. The number of nitro groups is 1. The molecule has 0 atom stereocenters. The largest absolute Gasteiger partial charge is 0.769 e. The molecular formula is C19H17N7O8-2. The third kappa shape index (κ3) is 5.29. The number of urea groups is 1. The number of hydrogen-bond acceptors (Lipinski definition) is 12. The lowest BCUT2D eigenvalue weighted by Crippen LogP contribution is -2.58. The summed E-state index contributed by atoms with van der Waals surface area (Å²) in [7, 11) is 0. The molecule has 0 radical (unpaired) electrons. The molecule has 1 heterocycles. The molecule has 2 aromatic rings. The third-order valence-corrected chi connectivity index (χ3v) is 4.58. The molecule has 34 heavy (non-hydrogen) atoms. The van der Waals surface area contributed by atoms with E-state index in [9.17, 15) is 40.0 Å². The number of aryl methyl sites for hydroxylation is 1. The van der Waals surface area contributed by atoms with Gasteiger partial charge in [0.1, 0.15) is 11.4 Å². The van der Waals surface area contributed by atoms with Crippen LogP contribution in [0.5, 0.6) is 0 Å². The van der Waals surface area contributed by atoms with Gasteiger partial charge in [-0.05, 0) is 31.2 Å². The standard InChI is InChI=1S/C19H17N7O8/c1-9-2-4-10(5-3-9)20-18(29)15(14-16(27)21-19(30)22-17(14)28)24-23-12-7-6-11(25(31)32)8-13(12)26(33)34/h2-8,14,20,23-24,29H,1H3,(H2,21,22,27,28,30)/q-2. The summed E-state index contributed by atoms with van der Waals surface area (Å²) in [6.45, 7) is 1.83. The minimum atomic E-state index is -1.76. The van der Waals surface area contributed by atoms with E-state index >= 15 is 0 Å². The molecule has 3 rings (SSSR count). The molecule has 1 saturated heterocycles. The van der Waals surface area contributed by atoms with Gasteiger partial charge < -0.3 is 26.1 Å². The second-order valence-corrected chi connectivity index (χ2v) is 6.96. The Morgan fingerprint density at radius 2 is 1.68 bits per heavy atom. The number of benzene rings is 2. The molecule has 0 bridgehead atoms. The summed E-state index contributed by atoms with van der Waals surface area (Å²) in [5.74, 6) is -4.63. The van der Waals surface area contributed by atoms with Crippen LogP contribution in [0.4, 0.5) is 27.5 Å². The number of rotatable bonds is 8. The van der Waals surface area contributed by atoms with E-state index in [-0.39, 0.29) is 5.69 Å². The minimum absolute atomic E-state index is 0.274. The third-order valence-electron chi connectivity index (χ3n) is 4.58. The molecule has 0 spiro atoms. The van der Waals surface area contributed by atoms with Crippen molar-refractivity contribution in [2.24, 2.45) is 5.92 Å². The molecule has 6 N–H and O–H groups in total. The first kappa shape index (κ1) is 23.8. The van der Waals surface area contributed by atoms with E-state index in [1.807, 2.05) is 17.6 Å². The van der Waals surface area contributed by atoms with E-state index in [0.717, 1.165) is 17.7 Å². The maximum Gasteiger partial charge on any atom is 0.328 e. The molecule has 15 heteroatoms. The summed E-state index contributed by atoms with van der Waals surface area (Å²) < 4.78 is 0. The number of aliphatic hydroxyl groups is 1. The Kier molecular flexibility index (Phi) is 6.79. The molecule has 15 nitrogen and oxygen atoms in total. The van der Waals surface area contributed by atoms with Crippen LogP contribution in [-0.2, 0) is 9.59 Å². The number of carbonyl (C=O) groups is 3. The van der Waals surface area contributed by atoms with Gasteiger partial charge in [-0.1, -0.05) is 17.7 Å². The van der Waals surface area contributed by atoms with Gasteiger partial charge in [0.2, 0.25) is 17.7 Å². The maximum atomic E-state index is 12.3. The zero-order valence-corrected chi connectivity index (χ0v) is 17.3. The number of barbiturate groups is 1. The quantitative estimate of drug-likeness (QED) is 0.139. The molecule has 178 valence electrons. The van der Waals surface area contributed by atoms with E-state index in [0.29, 0.717) is 11.8 Å². The number of amides is 4. The Balaban J connectivity index is 1.97. The van der Waals surface area contributed by atoms with Crippen LogP contribution >= 0.6 is 0 Å². The number of carbonyl (C=O) groups excluding carboxylic acids is 3. The van der Waals surface area contributed by atoms with Gasteiger partial charge >= 0.3 is 6.03 Å². The van der Waals surface area contributed by atoms with Gasteiger partial charge in [-0.15, -0.1) is 0 Å². The Bertz CT molecular complexity index is 1160. The van der Waals surface area contributed by atoms with Crippen molar-refractivity contribution in [1.29, 1.82) is 0 Å². The van der Waals surface area contributed by atoms with Crippen LogP contribution in [0.1, 0.15) is 5.56 Å². The van der Waals surface area contributed by atoms with Crippen LogP contribution in [0, 0.1) is 33.4 Å². The highest BCUT2D eigenvalue weighted by Crippen LogP contribution is 2.29. The molecule has 1 fully saturated rings. The predicted octanol–water partition coefficient (Wildman–Crippen LogP) is 1.44. The zero-order chi connectivity index (χ0) is 25.0. The first-order valence-electron chi connectivity index (χ1n) is 9.44. The van der Waals surface area contributed by atoms with Crippen molar-refractivity contribution in [2.75, 3.05) is 16.0 Å². The van der Waals surface area contributed by atoms with Crippen molar-refractivity contribution < 1.29 is 24.4 Å². The van der Waals surface area contributed by atoms with Gasteiger partial charge in [0, 0.05) is 17.4 Å². The topological polar surface area (TPSA) is 224 Å². The number of imide groups is 2. The van der Waals surface area contributed by atoms with Gasteiger partial charge in [0.05, 0.1) is 4.92 Å². The number of aliphatic hydroxyl groups excluding tert-OH is 1. The van der Waals surface area contributed by atoms with Gasteiger partial charge in [0.15, 0.2) is 5.92 Å². The average molecular weight is 471 g/mol. The van der Waals surface area contributed by atoms with E-state index < -0.39 is 56.9 Å². The summed E-state index contributed by atoms with van der Waals surface area (Å²) >= 11 is 0. The maximum absolute atomic E-state index is 12.3. The van der Waals surface area contributed by atoms with Crippen LogP contribution in [0.25, 0.3) is 0 Å². The number of nitrogens with one attached hydrogen (secondary N) is 5. The fourth-order valence-corrected chi connectivity index (χ4v) is 2.91. The zero-order valence-electron chi connectivity index (χ0n) is 17.3. The molecule has 0 aromatic heterocycles. The minimum Gasteiger partial charge on any atom is -0.769 e. The molecule has 0 saturated carbocycles. The van der Waals surface area contributed by atoms with Crippen molar-refractivity contribution >= 4 is 40.6 Å². The van der Waals surface area contributed by atoms with E-state index in [4.69, 9.17) is 0 Å². The Labute approximate surface area is 190 Å². The predicted molar refractivity (Wildman–Crippen MR) is 119 cm³/mol. The van der Waals surface area contributed by atoms with Crippen LogP contribution in [0.15, 0.2) is 54.0 Å². The Hall–Kier alpha value is -4.89. The highest BCUT2D eigenvalue weighted by molar-refractivity contribution is 6.17. The number of nitro benzene ring substituents is 1. The smallest absolute Gasteiger partial charge is 0.328 e. The Morgan fingerprint density at radius 3 is 2.24 bits per heavy atom. The van der Waals surface area contributed by atoms with Crippen LogP contribution in [0.3, 0.4) is 0 Å². The first-order chi connectivity index (χ1) is 16.1. The summed E-state index contributed by atoms with van der Waals surface area (Å²) in [4.78, 5) is 46.6. The molecular weight excluding hydrogens is 454 g/mol. The van der Waals surface area contributed by atoms with Crippen molar-refractivity contribution in [2.45, 2.75) is 6.92 Å². The molecule has 0 aliphatic carbocycles. The van der Waals surface area contributed by atoms with E-state index in [1.54, 1.807) is 24.3 Å². The number of hydrogen-bond donors (Lipinski definition) is 6. The first-order valence-corrected chi connectivity index (χ1v) is 9.44. The fourth-order valence-electron chi connectivity index (χ4n) is 2.91. The van der Waals surface area contributed by atoms with Crippen LogP contribution in [0.2, 0.25) is 0 Å². The fraction of sp³-hybridized carbons (Fsp3) is 0.105. The molecule has 1 aliphatic rings. The van der Waals surface area contributed by atoms with Crippen LogP contribution in [-0.4, -0.2) is 27.9 Å². The summed E-state index contributed by atoms with van der Waals surface area (Å²) in [6, 6.07) is 8.30. The van der Waals surface area contributed by atoms with Crippen LogP contribution < -0.4 is 32.0 Å². The molecule has 2 aromatic carbocycles. The Morgan fingerprint density at radius 1 is 1.06 bits per heavy atom. The number of hydrazine groups is 1. The van der Waals surface area contributed by atoms with Gasteiger partial charge in [0.25, 0.3) is 5.69 Å². The van der Waals surface area contributed by atoms with Gasteiger partial charge in [-0.2, -0.15) is 0 Å². The van der Waals surface area contributed by atoms with Crippen molar-refractivity contribution in [1.82, 2.24) is 16.1 Å². The summed E-state index contributed by atoms with van der Waals surface area (Å²) in [5, 5.41) is 49.4. The highest BCUT2D eigenvalue weighted by atomic mass is 16.8. The van der Waals surface area contributed by atoms with Crippen molar-refractivity contribution in [3.05, 3.63) is 80.1 Å². The second-order valence-electron chi connectivity index (χ2n) is 6.96. The van der Waals surface area contributed by atoms with Gasteiger partial charge in [-0.3, -0.25) is 41.2 Å². The average Bonchev–Trinajstić information content (AvgIpc) is 2.76. The van der Waals surface area contributed by atoms with Crippen molar-refractivity contribution in [3.63, 3.8) is 0 Å². The molecule has 0 unspecified atom stereocenters. The van der Waals surface area contributed by atoms with Crippen molar-refractivity contribution in [3.8, 4) is 0 Å². The lowest BCUT2D eigenvalue weighted by atomic mass is 10.0. The van der Waals surface area contributed by atoms with E-state index in [2.05, 4.69) is 16.2 Å². The monoisotopic (exact) mass is 471 g/mol. The second kappa shape index (κ2) is 9.72. The van der Waals surface area contributed by atoms with Gasteiger partial charge in [-0.25, -0.2) is 4.79 Å². The number of nitrogens with zero attached hydrogens (tertiary/aromatic N) is 2. The summed E-state index contributed by atoms with van der Waals surface area (Å²) in [5.41, 5.74) is 4.03. The highest BCUT2D eigenvalue weighted by Gasteiger charge is 2.39. The molecule has 1 aliphatic heterocycles. The van der Waals surface area contributed by atoms with E-state index in [1.165, 1.54) is 0 Å². The molecule has 4 amide bonds. The SMILES string of the molecule is Cc1ccc(NC(O)=C(NNc2ccc(N([O-])[O-])cc2[N+](=O)[O-])C2C(=O)NC(=O)NC2=O)cc1. The lowest BCUT2D eigenvalue weighted by Gasteiger charge is -2.37.